The molecule has 0 radical (unpaired) electrons. The van der Waals surface area contributed by atoms with Crippen LogP contribution in [0.15, 0.2) is 34.8 Å². The van der Waals surface area contributed by atoms with Crippen LogP contribution in [0.1, 0.15) is 0 Å². The van der Waals surface area contributed by atoms with E-state index in [2.05, 4.69) is 31.2 Å². The number of nitrogen functional groups attached to an aromatic ring is 1. The molecule has 0 fully saturated rings. The zero-order valence-electron chi connectivity index (χ0n) is 10.0. The number of anilines is 3. The molecular formula is C13H9BrF2N4. The van der Waals surface area contributed by atoms with Gasteiger partial charge in [0.2, 0.25) is 5.95 Å². The number of nitrogens with zero attached hydrogens (tertiary/aromatic N) is 1. The SMILES string of the molecule is Nc1ccc2nc(Nc3cc(Br)c(F)cc3F)[nH]c2c1. The molecule has 0 atom stereocenters. The normalized spacial score (nSPS) is 10.9. The number of halogens is 3. The Morgan fingerprint density at radius 1 is 1.15 bits per heavy atom. The summed E-state index contributed by atoms with van der Waals surface area (Å²) >= 11 is 3.01. The molecular weight excluding hydrogens is 330 g/mol. The maximum atomic E-state index is 13.7. The topological polar surface area (TPSA) is 66.7 Å². The van der Waals surface area contributed by atoms with Crippen LogP contribution in [-0.2, 0) is 0 Å². The van der Waals surface area contributed by atoms with Crippen molar-refractivity contribution >= 4 is 44.3 Å². The van der Waals surface area contributed by atoms with Gasteiger partial charge in [-0.1, -0.05) is 0 Å². The van der Waals surface area contributed by atoms with Gasteiger partial charge in [-0.15, -0.1) is 0 Å². The van der Waals surface area contributed by atoms with E-state index in [4.69, 9.17) is 5.73 Å². The first-order valence-corrected chi connectivity index (χ1v) is 6.49. The standard InChI is InChI=1S/C13H9BrF2N4/c14-7-4-11(9(16)5-8(7)15)19-13-18-10-2-1-6(17)3-12(10)20-13/h1-5H,17H2,(H2,18,19,20). The van der Waals surface area contributed by atoms with Crippen LogP contribution in [0.5, 0.6) is 0 Å². The van der Waals surface area contributed by atoms with Gasteiger partial charge in [-0.25, -0.2) is 13.8 Å². The van der Waals surface area contributed by atoms with E-state index in [1.54, 1.807) is 18.2 Å². The van der Waals surface area contributed by atoms with E-state index >= 15 is 0 Å². The molecule has 7 heteroatoms. The molecule has 0 aliphatic heterocycles. The molecule has 4 N–H and O–H groups in total. The maximum absolute atomic E-state index is 13.7. The Balaban J connectivity index is 1.99. The van der Waals surface area contributed by atoms with Gasteiger partial charge in [0, 0.05) is 11.8 Å². The van der Waals surface area contributed by atoms with Crippen LogP contribution in [0.2, 0.25) is 0 Å². The predicted octanol–water partition coefficient (Wildman–Crippen LogP) is 3.93. The Hall–Kier alpha value is -2.15. The summed E-state index contributed by atoms with van der Waals surface area (Å²) in [6.07, 6.45) is 0. The Kier molecular flexibility index (Phi) is 3.06. The number of rotatable bonds is 2. The Labute approximate surface area is 121 Å². The molecule has 0 saturated heterocycles. The molecule has 102 valence electrons. The van der Waals surface area contributed by atoms with E-state index in [1.807, 2.05) is 0 Å². The number of imidazole rings is 1. The quantitative estimate of drug-likeness (QED) is 0.490. The molecule has 1 aromatic heterocycles. The van der Waals surface area contributed by atoms with Crippen LogP contribution < -0.4 is 11.1 Å². The predicted molar refractivity (Wildman–Crippen MR) is 77.8 cm³/mol. The lowest BCUT2D eigenvalue weighted by Crippen LogP contribution is -1.96. The van der Waals surface area contributed by atoms with Gasteiger partial charge in [-0.3, -0.25) is 0 Å². The van der Waals surface area contributed by atoms with Gasteiger partial charge in [0.1, 0.15) is 11.6 Å². The lowest BCUT2D eigenvalue weighted by Gasteiger charge is -2.05. The van der Waals surface area contributed by atoms with Crippen molar-refractivity contribution in [3.05, 3.63) is 46.4 Å². The van der Waals surface area contributed by atoms with Crippen molar-refractivity contribution < 1.29 is 8.78 Å². The highest BCUT2D eigenvalue weighted by Gasteiger charge is 2.10. The summed E-state index contributed by atoms with van der Waals surface area (Å²) in [5.41, 5.74) is 7.81. The first-order valence-electron chi connectivity index (χ1n) is 5.70. The molecule has 0 aliphatic carbocycles. The van der Waals surface area contributed by atoms with Crippen LogP contribution in [0.3, 0.4) is 0 Å². The van der Waals surface area contributed by atoms with Gasteiger partial charge >= 0.3 is 0 Å². The van der Waals surface area contributed by atoms with Crippen LogP contribution in [0, 0.1) is 11.6 Å². The summed E-state index contributed by atoms with van der Waals surface area (Å²) in [6, 6.07) is 7.31. The third-order valence-corrected chi connectivity index (χ3v) is 3.38. The Bertz CT molecular complexity index is 800. The largest absolute Gasteiger partial charge is 0.399 e. The zero-order valence-corrected chi connectivity index (χ0v) is 11.6. The highest BCUT2D eigenvalue weighted by Crippen LogP contribution is 2.26. The lowest BCUT2D eigenvalue weighted by molar-refractivity contribution is 0.581. The summed E-state index contributed by atoms with van der Waals surface area (Å²) < 4.78 is 27.0. The summed E-state index contributed by atoms with van der Waals surface area (Å²) in [5, 5.41) is 2.77. The summed E-state index contributed by atoms with van der Waals surface area (Å²) in [4.78, 5) is 7.21. The molecule has 3 aromatic rings. The van der Waals surface area contributed by atoms with Crippen molar-refractivity contribution in [2.24, 2.45) is 0 Å². The number of H-pyrrole nitrogens is 1. The molecule has 0 bridgehead atoms. The minimum Gasteiger partial charge on any atom is -0.399 e. The highest BCUT2D eigenvalue weighted by molar-refractivity contribution is 9.10. The molecule has 0 saturated carbocycles. The molecule has 0 aliphatic rings. The molecule has 1 heterocycles. The average Bonchev–Trinajstić information content (AvgIpc) is 2.77. The van der Waals surface area contributed by atoms with Crippen molar-refractivity contribution in [1.82, 2.24) is 9.97 Å². The first kappa shape index (κ1) is 12.9. The Morgan fingerprint density at radius 3 is 2.75 bits per heavy atom. The number of aromatic amines is 1. The molecule has 2 aromatic carbocycles. The summed E-state index contributed by atoms with van der Waals surface area (Å²) in [6.45, 7) is 0. The number of benzene rings is 2. The second-order valence-corrected chi connectivity index (χ2v) is 5.09. The molecule has 4 nitrogen and oxygen atoms in total. The molecule has 0 spiro atoms. The van der Waals surface area contributed by atoms with E-state index in [9.17, 15) is 8.78 Å². The molecule has 0 amide bonds. The van der Waals surface area contributed by atoms with Gasteiger partial charge in [0.25, 0.3) is 0 Å². The molecule has 0 unspecified atom stereocenters. The average molecular weight is 339 g/mol. The minimum absolute atomic E-state index is 0.116. The fourth-order valence-electron chi connectivity index (χ4n) is 1.83. The third kappa shape index (κ3) is 2.32. The monoisotopic (exact) mass is 338 g/mol. The van der Waals surface area contributed by atoms with Crippen molar-refractivity contribution in [2.45, 2.75) is 0 Å². The fourth-order valence-corrected chi connectivity index (χ4v) is 2.18. The van der Waals surface area contributed by atoms with E-state index in [0.29, 0.717) is 17.2 Å². The summed E-state index contributed by atoms with van der Waals surface area (Å²) in [5.74, 6) is -1.01. The minimum atomic E-state index is -0.703. The fraction of sp³-hybridized carbons (Fsp3) is 0. The van der Waals surface area contributed by atoms with Gasteiger partial charge in [0.05, 0.1) is 21.2 Å². The van der Waals surface area contributed by atoms with Crippen LogP contribution in [0.4, 0.5) is 26.1 Å². The molecule has 3 rings (SSSR count). The number of hydrogen-bond donors (Lipinski definition) is 3. The van der Waals surface area contributed by atoms with E-state index in [1.165, 1.54) is 6.07 Å². The van der Waals surface area contributed by atoms with Crippen molar-refractivity contribution in [1.29, 1.82) is 0 Å². The number of nitrogens with one attached hydrogen (secondary N) is 2. The second-order valence-electron chi connectivity index (χ2n) is 4.23. The first-order chi connectivity index (χ1) is 9.52. The number of fused-ring (bicyclic) bond motifs is 1. The van der Waals surface area contributed by atoms with E-state index in [-0.39, 0.29) is 10.2 Å². The van der Waals surface area contributed by atoms with E-state index < -0.39 is 11.6 Å². The lowest BCUT2D eigenvalue weighted by atomic mass is 10.3. The zero-order chi connectivity index (χ0) is 14.3. The third-order valence-electron chi connectivity index (χ3n) is 2.77. The van der Waals surface area contributed by atoms with Crippen LogP contribution in [0.25, 0.3) is 11.0 Å². The number of aromatic nitrogens is 2. The maximum Gasteiger partial charge on any atom is 0.205 e. The van der Waals surface area contributed by atoms with Gasteiger partial charge in [-0.2, -0.15) is 0 Å². The number of hydrogen-bond acceptors (Lipinski definition) is 3. The Morgan fingerprint density at radius 2 is 1.95 bits per heavy atom. The smallest absolute Gasteiger partial charge is 0.205 e. The van der Waals surface area contributed by atoms with Crippen molar-refractivity contribution in [3.8, 4) is 0 Å². The van der Waals surface area contributed by atoms with Gasteiger partial charge in [0.15, 0.2) is 0 Å². The van der Waals surface area contributed by atoms with Gasteiger partial charge < -0.3 is 16.0 Å². The number of nitrogens with two attached hydrogens (primary N) is 1. The molecule has 20 heavy (non-hydrogen) atoms. The van der Waals surface area contributed by atoms with Crippen molar-refractivity contribution in [3.63, 3.8) is 0 Å². The summed E-state index contributed by atoms with van der Waals surface area (Å²) in [7, 11) is 0. The highest BCUT2D eigenvalue weighted by atomic mass is 79.9. The van der Waals surface area contributed by atoms with Gasteiger partial charge in [-0.05, 0) is 40.2 Å². The van der Waals surface area contributed by atoms with Crippen LogP contribution >= 0.6 is 15.9 Å². The van der Waals surface area contributed by atoms with E-state index in [0.717, 1.165) is 11.6 Å². The van der Waals surface area contributed by atoms with Crippen molar-refractivity contribution in [2.75, 3.05) is 11.1 Å². The van der Waals surface area contributed by atoms with Crippen LogP contribution in [-0.4, -0.2) is 9.97 Å². The second kappa shape index (κ2) is 4.75.